The lowest BCUT2D eigenvalue weighted by Crippen LogP contribution is -2.49. The zero-order chi connectivity index (χ0) is 18.7. The molecule has 2 N–H and O–H groups in total. The lowest BCUT2D eigenvalue weighted by Gasteiger charge is -2.37. The summed E-state index contributed by atoms with van der Waals surface area (Å²) in [7, 11) is 0. The van der Waals surface area contributed by atoms with Crippen LogP contribution in [-0.2, 0) is 9.53 Å². The molecule has 1 aliphatic heterocycles. The highest BCUT2D eigenvalue weighted by Crippen LogP contribution is 2.10. The van der Waals surface area contributed by atoms with Crippen molar-refractivity contribution in [3.63, 3.8) is 0 Å². The van der Waals surface area contributed by atoms with Gasteiger partial charge in [0.25, 0.3) is 0 Å². The Balaban J connectivity index is 0.00000625. The van der Waals surface area contributed by atoms with Crippen molar-refractivity contribution in [1.29, 1.82) is 0 Å². The summed E-state index contributed by atoms with van der Waals surface area (Å²) in [5.74, 6) is 0.964. The fraction of sp³-hybridized carbons (Fsp3) is 0.889. The number of hydrogen-bond acceptors (Lipinski definition) is 4. The third-order valence-electron chi connectivity index (χ3n) is 4.59. The Hall–Kier alpha value is -0.610. The topological polar surface area (TPSA) is 69.2 Å². The number of rotatable bonds is 9. The molecule has 0 spiro atoms. The first-order valence-electron chi connectivity index (χ1n) is 9.66. The van der Waals surface area contributed by atoms with Crippen LogP contribution < -0.4 is 10.6 Å². The van der Waals surface area contributed by atoms with Gasteiger partial charge in [0.05, 0.1) is 19.8 Å². The molecule has 2 unspecified atom stereocenters. The summed E-state index contributed by atoms with van der Waals surface area (Å²) in [6.07, 6.45) is 0.488. The van der Waals surface area contributed by atoms with E-state index in [1.807, 2.05) is 25.7 Å². The number of carbonyl (C=O) groups excluding carboxylic acids is 1. The molecular formula is C18H38IN5O2. The van der Waals surface area contributed by atoms with Gasteiger partial charge >= 0.3 is 0 Å². The van der Waals surface area contributed by atoms with Gasteiger partial charge in [-0.05, 0) is 34.6 Å². The minimum atomic E-state index is 0. The highest BCUT2D eigenvalue weighted by atomic mass is 127. The van der Waals surface area contributed by atoms with Crippen LogP contribution in [0, 0.1) is 0 Å². The number of carbonyl (C=O) groups is 1. The first kappa shape index (κ1) is 25.4. The lowest BCUT2D eigenvalue weighted by atomic mass is 10.2. The largest absolute Gasteiger partial charge is 0.379 e. The smallest absolute Gasteiger partial charge is 0.224 e. The van der Waals surface area contributed by atoms with Crippen LogP contribution in [0.2, 0.25) is 0 Å². The Morgan fingerprint density at radius 2 is 2.00 bits per heavy atom. The molecule has 1 saturated heterocycles. The van der Waals surface area contributed by atoms with Crippen molar-refractivity contribution in [2.45, 2.75) is 53.1 Å². The van der Waals surface area contributed by atoms with E-state index in [9.17, 15) is 4.79 Å². The molecular weight excluding hydrogens is 445 g/mol. The second-order valence-corrected chi connectivity index (χ2v) is 6.47. The highest BCUT2D eigenvalue weighted by molar-refractivity contribution is 14.0. The van der Waals surface area contributed by atoms with Gasteiger partial charge in [-0.25, -0.2) is 0 Å². The van der Waals surface area contributed by atoms with Crippen molar-refractivity contribution >= 4 is 35.8 Å². The van der Waals surface area contributed by atoms with Crippen molar-refractivity contribution in [2.75, 3.05) is 52.5 Å². The number of morpholine rings is 1. The van der Waals surface area contributed by atoms with E-state index in [1.165, 1.54) is 0 Å². The van der Waals surface area contributed by atoms with E-state index in [-0.39, 0.29) is 29.9 Å². The van der Waals surface area contributed by atoms with Crippen molar-refractivity contribution in [3.8, 4) is 0 Å². The lowest BCUT2D eigenvalue weighted by molar-refractivity contribution is -0.130. The van der Waals surface area contributed by atoms with Gasteiger partial charge in [0.1, 0.15) is 0 Å². The van der Waals surface area contributed by atoms with Gasteiger partial charge in [0.2, 0.25) is 5.91 Å². The molecule has 0 aromatic carbocycles. The minimum Gasteiger partial charge on any atom is -0.379 e. The number of ether oxygens (including phenoxy) is 1. The number of nitrogens with one attached hydrogen (secondary N) is 2. The van der Waals surface area contributed by atoms with Crippen LogP contribution in [0.3, 0.4) is 0 Å². The molecule has 1 heterocycles. The van der Waals surface area contributed by atoms with Crippen LogP contribution in [0.4, 0.5) is 0 Å². The molecule has 0 saturated carbocycles. The normalized spacial score (nSPS) is 19.4. The third kappa shape index (κ3) is 8.85. The van der Waals surface area contributed by atoms with Gasteiger partial charge in [-0.15, -0.1) is 24.0 Å². The summed E-state index contributed by atoms with van der Waals surface area (Å²) in [6, 6.07) is 0.799. The summed E-state index contributed by atoms with van der Waals surface area (Å²) in [6.45, 7) is 16.7. The molecule has 2 atom stereocenters. The van der Waals surface area contributed by atoms with E-state index in [2.05, 4.69) is 29.4 Å². The molecule has 1 rings (SSSR count). The minimum absolute atomic E-state index is 0. The van der Waals surface area contributed by atoms with Crippen LogP contribution in [0.25, 0.3) is 0 Å². The fourth-order valence-corrected chi connectivity index (χ4v) is 3.09. The summed E-state index contributed by atoms with van der Waals surface area (Å²) < 4.78 is 5.50. The number of nitrogens with zero attached hydrogens (tertiary/aromatic N) is 3. The van der Waals surface area contributed by atoms with E-state index >= 15 is 0 Å². The SMILES string of the molecule is CCNC(=NCC(C)N1CCOCC1C)NCCC(=O)N(CC)CC.I. The van der Waals surface area contributed by atoms with Crippen LogP contribution >= 0.6 is 24.0 Å². The monoisotopic (exact) mass is 483 g/mol. The zero-order valence-electron chi connectivity index (χ0n) is 17.1. The molecule has 7 nitrogen and oxygen atoms in total. The fourth-order valence-electron chi connectivity index (χ4n) is 3.09. The van der Waals surface area contributed by atoms with Gasteiger partial charge in [0.15, 0.2) is 5.96 Å². The van der Waals surface area contributed by atoms with Gasteiger partial charge in [0, 0.05) is 51.2 Å². The molecule has 0 aromatic heterocycles. The zero-order valence-corrected chi connectivity index (χ0v) is 19.4. The summed E-state index contributed by atoms with van der Waals surface area (Å²) in [5.41, 5.74) is 0. The highest BCUT2D eigenvalue weighted by Gasteiger charge is 2.23. The Labute approximate surface area is 176 Å². The van der Waals surface area contributed by atoms with Crippen LogP contribution in [0.5, 0.6) is 0 Å². The van der Waals surface area contributed by atoms with Gasteiger partial charge in [-0.2, -0.15) is 0 Å². The number of amides is 1. The second kappa shape index (κ2) is 14.4. The first-order chi connectivity index (χ1) is 12.0. The number of aliphatic imine (C=N–C) groups is 1. The predicted octanol–water partition coefficient (Wildman–Crippen LogP) is 1.53. The Bertz CT molecular complexity index is 418. The second-order valence-electron chi connectivity index (χ2n) is 6.47. The Morgan fingerprint density at radius 1 is 1.31 bits per heavy atom. The first-order valence-corrected chi connectivity index (χ1v) is 9.66. The maximum Gasteiger partial charge on any atom is 0.224 e. The van der Waals surface area contributed by atoms with Gasteiger partial charge in [-0.3, -0.25) is 14.7 Å². The standard InChI is InChI=1S/C18H37N5O2.HI/c1-6-19-18(20-10-9-17(24)22(7-2)8-3)21-13-15(4)23-11-12-25-14-16(23)5;/h15-16H,6-14H2,1-5H3,(H2,19,20,21);1H. The van der Waals surface area contributed by atoms with Crippen molar-refractivity contribution < 1.29 is 9.53 Å². The number of halogens is 1. The van der Waals surface area contributed by atoms with Gasteiger partial charge < -0.3 is 20.3 Å². The van der Waals surface area contributed by atoms with Crippen molar-refractivity contribution in [3.05, 3.63) is 0 Å². The van der Waals surface area contributed by atoms with Crippen LogP contribution in [-0.4, -0.2) is 86.2 Å². The summed E-state index contributed by atoms with van der Waals surface area (Å²) >= 11 is 0. The van der Waals surface area contributed by atoms with Crippen molar-refractivity contribution in [1.82, 2.24) is 20.4 Å². The maximum atomic E-state index is 12.1. The number of hydrogen-bond donors (Lipinski definition) is 2. The quantitative estimate of drug-likeness (QED) is 0.296. The Kier molecular flexibility index (Phi) is 14.1. The summed E-state index contributed by atoms with van der Waals surface area (Å²) in [4.78, 5) is 21.1. The molecule has 1 amide bonds. The van der Waals surface area contributed by atoms with Crippen molar-refractivity contribution in [2.24, 2.45) is 4.99 Å². The van der Waals surface area contributed by atoms with E-state index in [0.29, 0.717) is 25.0 Å². The number of guanidine groups is 1. The van der Waals surface area contributed by atoms with E-state index in [1.54, 1.807) is 0 Å². The third-order valence-corrected chi connectivity index (χ3v) is 4.59. The molecule has 0 radical (unpaired) electrons. The molecule has 26 heavy (non-hydrogen) atoms. The molecule has 1 aliphatic rings. The predicted molar refractivity (Wildman–Crippen MR) is 118 cm³/mol. The molecule has 1 fully saturated rings. The van der Waals surface area contributed by atoms with Gasteiger partial charge in [-0.1, -0.05) is 0 Å². The average molecular weight is 483 g/mol. The molecule has 0 aromatic rings. The molecule has 8 heteroatoms. The van der Waals surface area contributed by atoms with E-state index in [4.69, 9.17) is 9.73 Å². The van der Waals surface area contributed by atoms with E-state index < -0.39 is 0 Å². The van der Waals surface area contributed by atoms with E-state index in [0.717, 1.165) is 51.9 Å². The van der Waals surface area contributed by atoms with Crippen LogP contribution in [0.1, 0.15) is 41.0 Å². The average Bonchev–Trinajstić information content (AvgIpc) is 2.60. The maximum absolute atomic E-state index is 12.1. The summed E-state index contributed by atoms with van der Waals surface area (Å²) in [5, 5.41) is 6.53. The van der Waals surface area contributed by atoms with Crippen LogP contribution in [0.15, 0.2) is 4.99 Å². The Morgan fingerprint density at radius 3 is 2.58 bits per heavy atom. The molecule has 0 bridgehead atoms. The molecule has 154 valence electrons. The molecule has 0 aliphatic carbocycles.